The van der Waals surface area contributed by atoms with Crippen molar-refractivity contribution in [2.45, 2.75) is 37.1 Å². The maximum atomic E-state index is 10.9. The molecule has 0 spiro atoms. The summed E-state index contributed by atoms with van der Waals surface area (Å²) in [5, 5.41) is 16.0. The third-order valence-corrected chi connectivity index (χ3v) is 8.12. The lowest BCUT2D eigenvalue weighted by Gasteiger charge is -2.24. The Morgan fingerprint density at radius 1 is 0.774 bits per heavy atom. The SMILES string of the molecule is CC1(O)Cc2cc(c3ccccc3c2)CSSCc2cccc3cc(ccc23)CCO1. The minimum absolute atomic E-state index is 0.475. The smallest absolute Gasteiger partial charge is 0.166 e. The molecule has 0 saturated heterocycles. The normalized spacial score (nSPS) is 20.3. The summed E-state index contributed by atoms with van der Waals surface area (Å²) in [7, 11) is 3.80. The van der Waals surface area contributed by atoms with Gasteiger partial charge in [0.25, 0.3) is 0 Å². The quantitative estimate of drug-likeness (QED) is 0.298. The average Bonchev–Trinajstić information content (AvgIpc) is 2.75. The lowest BCUT2D eigenvalue weighted by Crippen LogP contribution is -2.32. The zero-order chi connectivity index (χ0) is 21.3. The van der Waals surface area contributed by atoms with Crippen molar-refractivity contribution in [3.63, 3.8) is 0 Å². The molecule has 1 N–H and O–H groups in total. The first-order valence-corrected chi connectivity index (χ1v) is 13.2. The monoisotopic (exact) mass is 446 g/mol. The van der Waals surface area contributed by atoms with Gasteiger partial charge in [0.15, 0.2) is 5.79 Å². The van der Waals surface area contributed by atoms with E-state index in [1.54, 1.807) is 6.92 Å². The number of hydrogen-bond donors (Lipinski definition) is 1. The zero-order valence-corrected chi connectivity index (χ0v) is 19.3. The molecule has 0 amide bonds. The highest BCUT2D eigenvalue weighted by Gasteiger charge is 2.22. The molecule has 6 bridgehead atoms. The van der Waals surface area contributed by atoms with Crippen molar-refractivity contribution in [3.05, 3.63) is 95.1 Å². The Bertz CT molecular complexity index is 1230. The molecule has 0 fully saturated rings. The Kier molecular flexibility index (Phi) is 5.98. The van der Waals surface area contributed by atoms with Crippen LogP contribution in [0.5, 0.6) is 0 Å². The fourth-order valence-electron chi connectivity index (χ4n) is 4.39. The summed E-state index contributed by atoms with van der Waals surface area (Å²) in [6.45, 7) is 2.26. The Balaban J connectivity index is 1.51. The molecule has 0 aromatic heterocycles. The molecule has 2 aliphatic heterocycles. The van der Waals surface area contributed by atoms with Crippen LogP contribution in [0.2, 0.25) is 0 Å². The minimum atomic E-state index is -1.19. The van der Waals surface area contributed by atoms with Gasteiger partial charge in [-0.3, -0.25) is 0 Å². The largest absolute Gasteiger partial charge is 0.365 e. The number of hydrogen-bond acceptors (Lipinski definition) is 4. The maximum absolute atomic E-state index is 10.9. The van der Waals surface area contributed by atoms with E-state index in [4.69, 9.17) is 4.74 Å². The van der Waals surface area contributed by atoms with Gasteiger partial charge in [-0.25, -0.2) is 0 Å². The lowest BCUT2D eigenvalue weighted by molar-refractivity contribution is -0.187. The Labute approximate surface area is 191 Å². The molecule has 1 unspecified atom stereocenters. The first kappa shape index (κ1) is 20.9. The number of benzene rings is 4. The Morgan fingerprint density at radius 3 is 2.35 bits per heavy atom. The van der Waals surface area contributed by atoms with Crippen LogP contribution < -0.4 is 0 Å². The molecule has 4 heteroatoms. The van der Waals surface area contributed by atoms with Crippen molar-refractivity contribution in [2.24, 2.45) is 0 Å². The fraction of sp³-hybridized carbons (Fsp3) is 0.259. The topological polar surface area (TPSA) is 29.5 Å². The van der Waals surface area contributed by atoms with Crippen molar-refractivity contribution in [1.82, 2.24) is 0 Å². The van der Waals surface area contributed by atoms with Crippen LogP contribution in [-0.4, -0.2) is 17.5 Å². The highest BCUT2D eigenvalue weighted by molar-refractivity contribution is 8.76. The number of ether oxygens (including phenoxy) is 1. The van der Waals surface area contributed by atoms with Crippen molar-refractivity contribution in [3.8, 4) is 0 Å². The van der Waals surface area contributed by atoms with Crippen molar-refractivity contribution in [2.75, 3.05) is 6.61 Å². The summed E-state index contributed by atoms with van der Waals surface area (Å²) in [6, 6.07) is 26.2. The molecule has 6 rings (SSSR count). The van der Waals surface area contributed by atoms with E-state index in [1.165, 1.54) is 38.2 Å². The van der Waals surface area contributed by atoms with E-state index in [2.05, 4.69) is 72.8 Å². The van der Waals surface area contributed by atoms with Gasteiger partial charge < -0.3 is 9.84 Å². The first-order valence-electron chi connectivity index (χ1n) is 10.7. The van der Waals surface area contributed by atoms with Crippen LogP contribution in [0.3, 0.4) is 0 Å². The van der Waals surface area contributed by atoms with E-state index in [9.17, 15) is 5.11 Å². The second kappa shape index (κ2) is 8.87. The molecular formula is C27H26O2S2. The third-order valence-electron chi connectivity index (χ3n) is 5.89. The standard InChI is InChI=1S/C27H26O2S2/c1-27(28)16-20-14-21-5-2-3-8-25(21)24(15-20)18-31-30-17-23-7-4-6-22-13-19(11-12-29-27)9-10-26(22)23/h2-10,13-15,28H,11-12,16-18H2,1H3. The predicted octanol–water partition coefficient (Wildman–Crippen LogP) is 6.90. The molecule has 2 aliphatic rings. The summed E-state index contributed by atoms with van der Waals surface area (Å²) in [6.07, 6.45) is 1.26. The maximum Gasteiger partial charge on any atom is 0.166 e. The molecule has 31 heavy (non-hydrogen) atoms. The molecule has 1 atom stereocenters. The average molecular weight is 447 g/mol. The Hall–Kier alpha value is -1.98. The molecule has 4 aromatic carbocycles. The van der Waals surface area contributed by atoms with Crippen LogP contribution in [0.25, 0.3) is 21.5 Å². The van der Waals surface area contributed by atoms with Crippen LogP contribution >= 0.6 is 21.6 Å². The van der Waals surface area contributed by atoms with Gasteiger partial charge in [0, 0.05) is 17.9 Å². The fourth-order valence-corrected chi connectivity index (χ4v) is 6.56. The molecule has 0 radical (unpaired) electrons. The van der Waals surface area contributed by atoms with Crippen molar-refractivity contribution < 1.29 is 9.84 Å². The van der Waals surface area contributed by atoms with Crippen molar-refractivity contribution in [1.29, 1.82) is 0 Å². The van der Waals surface area contributed by atoms with Gasteiger partial charge in [0.1, 0.15) is 0 Å². The molecular weight excluding hydrogens is 420 g/mol. The van der Waals surface area contributed by atoms with Gasteiger partial charge in [-0.2, -0.15) is 0 Å². The number of aliphatic hydroxyl groups is 1. The highest BCUT2D eigenvalue weighted by atomic mass is 33.1. The van der Waals surface area contributed by atoms with Gasteiger partial charge in [-0.15, -0.1) is 0 Å². The molecule has 158 valence electrons. The van der Waals surface area contributed by atoms with E-state index < -0.39 is 5.79 Å². The predicted molar refractivity (Wildman–Crippen MR) is 134 cm³/mol. The summed E-state index contributed by atoms with van der Waals surface area (Å²) >= 11 is 0. The molecule has 4 aromatic rings. The van der Waals surface area contributed by atoms with E-state index in [0.717, 1.165) is 23.5 Å². The zero-order valence-electron chi connectivity index (χ0n) is 17.6. The second-order valence-electron chi connectivity index (χ2n) is 8.42. The minimum Gasteiger partial charge on any atom is -0.365 e. The van der Waals surface area contributed by atoms with Crippen LogP contribution in [0.1, 0.15) is 29.2 Å². The molecule has 2 heterocycles. The van der Waals surface area contributed by atoms with Gasteiger partial charge in [-0.05, 0) is 57.1 Å². The summed E-state index contributed by atoms with van der Waals surface area (Å²) in [5.74, 6) is 0.716. The Morgan fingerprint density at radius 2 is 1.48 bits per heavy atom. The van der Waals surface area contributed by atoms with Crippen molar-refractivity contribution >= 4 is 43.1 Å². The first-order chi connectivity index (χ1) is 15.1. The number of fused-ring (bicyclic) bond motifs is 9. The van der Waals surface area contributed by atoms with Gasteiger partial charge in [-0.1, -0.05) is 94.4 Å². The van der Waals surface area contributed by atoms with Gasteiger partial charge in [0.2, 0.25) is 0 Å². The van der Waals surface area contributed by atoms with Gasteiger partial charge >= 0.3 is 0 Å². The molecule has 2 nitrogen and oxygen atoms in total. The van der Waals surface area contributed by atoms with E-state index in [-0.39, 0.29) is 0 Å². The lowest BCUT2D eigenvalue weighted by atomic mass is 9.98. The molecule has 0 saturated carbocycles. The van der Waals surface area contributed by atoms with Crippen LogP contribution in [0.4, 0.5) is 0 Å². The summed E-state index contributed by atoms with van der Waals surface area (Å²) in [4.78, 5) is 0. The number of rotatable bonds is 0. The van der Waals surface area contributed by atoms with Crippen LogP contribution in [0, 0.1) is 0 Å². The summed E-state index contributed by atoms with van der Waals surface area (Å²) in [5.41, 5.74) is 5.04. The van der Waals surface area contributed by atoms with E-state index in [1.807, 2.05) is 21.6 Å². The highest BCUT2D eigenvalue weighted by Crippen LogP contribution is 2.35. The van der Waals surface area contributed by atoms with E-state index in [0.29, 0.717) is 13.0 Å². The van der Waals surface area contributed by atoms with E-state index >= 15 is 0 Å². The van der Waals surface area contributed by atoms with Crippen LogP contribution in [0.15, 0.2) is 72.8 Å². The summed E-state index contributed by atoms with van der Waals surface area (Å²) < 4.78 is 5.94. The third kappa shape index (κ3) is 4.78. The molecule has 0 aliphatic carbocycles. The van der Waals surface area contributed by atoms with Crippen LogP contribution in [-0.2, 0) is 29.1 Å². The van der Waals surface area contributed by atoms with Gasteiger partial charge in [0.05, 0.1) is 6.61 Å². The second-order valence-corrected chi connectivity index (χ2v) is 10.9.